The number of aromatic nitrogens is 2. The van der Waals surface area contributed by atoms with Gasteiger partial charge in [0, 0.05) is 38.1 Å². The Morgan fingerprint density at radius 2 is 2.04 bits per heavy atom. The Labute approximate surface area is 147 Å². The molecule has 132 valence electrons. The van der Waals surface area contributed by atoms with Crippen LogP contribution in [0, 0.1) is 0 Å². The van der Waals surface area contributed by atoms with Gasteiger partial charge in [0.05, 0.1) is 12.7 Å². The van der Waals surface area contributed by atoms with Gasteiger partial charge in [0.1, 0.15) is 5.82 Å². The maximum absolute atomic E-state index is 11.6. The molecule has 2 aromatic rings. The van der Waals surface area contributed by atoms with E-state index in [1.54, 1.807) is 24.4 Å². The highest BCUT2D eigenvalue weighted by Gasteiger charge is 2.17. The van der Waals surface area contributed by atoms with Gasteiger partial charge in [-0.2, -0.15) is 4.98 Å². The van der Waals surface area contributed by atoms with E-state index in [1.165, 1.54) is 7.11 Å². The molecule has 0 aliphatic carbocycles. The summed E-state index contributed by atoms with van der Waals surface area (Å²) in [6.45, 7) is 7.28. The van der Waals surface area contributed by atoms with Crippen LogP contribution in [0.4, 0.5) is 17.5 Å². The van der Waals surface area contributed by atoms with Crippen molar-refractivity contribution in [2.75, 3.05) is 50.1 Å². The first-order valence-electron chi connectivity index (χ1n) is 8.45. The number of anilines is 3. The van der Waals surface area contributed by atoms with Crippen LogP contribution < -0.4 is 10.2 Å². The normalized spacial score (nSPS) is 15.0. The van der Waals surface area contributed by atoms with Gasteiger partial charge >= 0.3 is 5.97 Å². The van der Waals surface area contributed by atoms with E-state index >= 15 is 0 Å². The van der Waals surface area contributed by atoms with Gasteiger partial charge in [-0.3, -0.25) is 0 Å². The molecule has 1 aliphatic rings. The van der Waals surface area contributed by atoms with Crippen LogP contribution in [0.1, 0.15) is 17.3 Å². The average molecular weight is 341 g/mol. The minimum Gasteiger partial charge on any atom is -0.465 e. The first kappa shape index (κ1) is 17.2. The Kier molecular flexibility index (Phi) is 5.45. The number of nitrogens with one attached hydrogen (secondary N) is 1. The van der Waals surface area contributed by atoms with Crippen molar-refractivity contribution in [3.63, 3.8) is 0 Å². The molecule has 1 aromatic carbocycles. The standard InChI is InChI=1S/C18H23N5O2/c1-3-22-9-11-23(12-10-22)16-7-8-19-18(21-16)20-15-6-4-5-14(13-15)17(24)25-2/h4-8,13H,3,9-12H2,1-2H3,(H,19,20,21). The lowest BCUT2D eigenvalue weighted by Gasteiger charge is -2.34. The second-order valence-corrected chi connectivity index (χ2v) is 5.86. The molecule has 1 saturated heterocycles. The highest BCUT2D eigenvalue weighted by molar-refractivity contribution is 5.90. The Bertz CT molecular complexity index is 729. The summed E-state index contributed by atoms with van der Waals surface area (Å²) in [5, 5.41) is 3.16. The third-order valence-corrected chi connectivity index (χ3v) is 4.32. The van der Waals surface area contributed by atoms with Crippen molar-refractivity contribution in [1.29, 1.82) is 0 Å². The molecule has 0 atom stereocenters. The first-order chi connectivity index (χ1) is 12.2. The number of hydrogen-bond donors (Lipinski definition) is 1. The van der Waals surface area contributed by atoms with Gasteiger partial charge in [0.2, 0.25) is 5.95 Å². The van der Waals surface area contributed by atoms with Gasteiger partial charge < -0.3 is 19.9 Å². The fourth-order valence-corrected chi connectivity index (χ4v) is 2.85. The van der Waals surface area contributed by atoms with E-state index in [4.69, 9.17) is 4.74 Å². The minimum atomic E-state index is -0.368. The molecule has 0 bridgehead atoms. The van der Waals surface area contributed by atoms with E-state index in [9.17, 15) is 4.79 Å². The number of esters is 1. The second-order valence-electron chi connectivity index (χ2n) is 5.86. The summed E-state index contributed by atoms with van der Waals surface area (Å²) in [5.74, 6) is 1.06. The maximum Gasteiger partial charge on any atom is 0.337 e. The molecule has 2 heterocycles. The van der Waals surface area contributed by atoms with Gasteiger partial charge in [0.25, 0.3) is 0 Å². The maximum atomic E-state index is 11.6. The number of benzene rings is 1. The van der Waals surface area contributed by atoms with E-state index in [-0.39, 0.29) is 5.97 Å². The molecule has 0 unspecified atom stereocenters. The Morgan fingerprint density at radius 1 is 1.24 bits per heavy atom. The lowest BCUT2D eigenvalue weighted by Crippen LogP contribution is -2.46. The van der Waals surface area contributed by atoms with Crippen molar-refractivity contribution in [1.82, 2.24) is 14.9 Å². The summed E-state index contributed by atoms with van der Waals surface area (Å²) >= 11 is 0. The molecule has 3 rings (SSSR count). The Hall–Kier alpha value is -2.67. The van der Waals surface area contributed by atoms with Crippen LogP contribution in [0.5, 0.6) is 0 Å². The summed E-state index contributed by atoms with van der Waals surface area (Å²) in [4.78, 5) is 25.2. The zero-order valence-corrected chi connectivity index (χ0v) is 14.6. The number of methoxy groups -OCH3 is 1. The fraction of sp³-hybridized carbons (Fsp3) is 0.389. The number of nitrogens with zero attached hydrogens (tertiary/aromatic N) is 4. The Morgan fingerprint density at radius 3 is 2.76 bits per heavy atom. The summed E-state index contributed by atoms with van der Waals surface area (Å²) in [7, 11) is 1.37. The van der Waals surface area contributed by atoms with Gasteiger partial charge in [-0.1, -0.05) is 13.0 Å². The van der Waals surface area contributed by atoms with Crippen LogP contribution >= 0.6 is 0 Å². The first-order valence-corrected chi connectivity index (χ1v) is 8.45. The smallest absolute Gasteiger partial charge is 0.337 e. The fourth-order valence-electron chi connectivity index (χ4n) is 2.85. The topological polar surface area (TPSA) is 70.6 Å². The van der Waals surface area contributed by atoms with Gasteiger partial charge in [-0.25, -0.2) is 9.78 Å². The highest BCUT2D eigenvalue weighted by atomic mass is 16.5. The quantitative estimate of drug-likeness (QED) is 0.836. The molecule has 0 spiro atoms. The number of rotatable bonds is 5. The molecule has 0 amide bonds. The monoisotopic (exact) mass is 341 g/mol. The van der Waals surface area contributed by atoms with Crippen molar-refractivity contribution in [3.05, 3.63) is 42.1 Å². The average Bonchev–Trinajstić information content (AvgIpc) is 2.68. The number of hydrogen-bond acceptors (Lipinski definition) is 7. The van der Waals surface area contributed by atoms with Crippen LogP contribution in [-0.2, 0) is 4.74 Å². The lowest BCUT2D eigenvalue weighted by atomic mass is 10.2. The van der Waals surface area contributed by atoms with Crippen molar-refractivity contribution in [2.45, 2.75) is 6.92 Å². The van der Waals surface area contributed by atoms with Crippen LogP contribution in [-0.4, -0.2) is 60.7 Å². The van der Waals surface area contributed by atoms with Crippen molar-refractivity contribution in [3.8, 4) is 0 Å². The van der Waals surface area contributed by atoms with E-state index in [2.05, 4.69) is 32.0 Å². The molecular weight excluding hydrogens is 318 g/mol. The van der Waals surface area contributed by atoms with Crippen LogP contribution in [0.25, 0.3) is 0 Å². The van der Waals surface area contributed by atoms with E-state index in [1.807, 2.05) is 12.1 Å². The van der Waals surface area contributed by atoms with Crippen molar-refractivity contribution >= 4 is 23.4 Å². The van der Waals surface area contributed by atoms with Crippen molar-refractivity contribution < 1.29 is 9.53 Å². The van der Waals surface area contributed by atoms with Crippen molar-refractivity contribution in [2.24, 2.45) is 0 Å². The largest absolute Gasteiger partial charge is 0.465 e. The summed E-state index contributed by atoms with van der Waals surface area (Å²) in [6.07, 6.45) is 1.75. The molecule has 1 N–H and O–H groups in total. The minimum absolute atomic E-state index is 0.368. The SMILES string of the molecule is CCN1CCN(c2ccnc(Nc3cccc(C(=O)OC)c3)n2)CC1. The number of ether oxygens (including phenoxy) is 1. The lowest BCUT2D eigenvalue weighted by molar-refractivity contribution is 0.0601. The summed E-state index contributed by atoms with van der Waals surface area (Å²) in [6, 6.07) is 9.02. The molecular formula is C18H23N5O2. The van der Waals surface area contributed by atoms with Gasteiger partial charge in [-0.05, 0) is 30.8 Å². The molecule has 1 aromatic heterocycles. The van der Waals surface area contributed by atoms with E-state index in [0.29, 0.717) is 11.5 Å². The summed E-state index contributed by atoms with van der Waals surface area (Å²) < 4.78 is 4.75. The number of likely N-dealkylation sites (N-methyl/N-ethyl adjacent to an activating group) is 1. The van der Waals surface area contributed by atoms with Crippen LogP contribution in [0.3, 0.4) is 0 Å². The Balaban J connectivity index is 1.71. The van der Waals surface area contributed by atoms with Crippen LogP contribution in [0.2, 0.25) is 0 Å². The number of carbonyl (C=O) groups excluding carboxylic acids is 1. The molecule has 25 heavy (non-hydrogen) atoms. The molecule has 7 heteroatoms. The van der Waals surface area contributed by atoms with Crippen LogP contribution in [0.15, 0.2) is 36.5 Å². The summed E-state index contributed by atoms with van der Waals surface area (Å²) in [5.41, 5.74) is 1.23. The zero-order valence-electron chi connectivity index (χ0n) is 14.6. The molecule has 0 saturated carbocycles. The predicted octanol–water partition coefficient (Wildman–Crippen LogP) is 2.15. The highest BCUT2D eigenvalue weighted by Crippen LogP contribution is 2.19. The van der Waals surface area contributed by atoms with E-state index in [0.717, 1.165) is 44.2 Å². The predicted molar refractivity (Wildman–Crippen MR) is 97.4 cm³/mol. The van der Waals surface area contributed by atoms with E-state index < -0.39 is 0 Å². The molecule has 1 fully saturated rings. The van der Waals surface area contributed by atoms with Gasteiger partial charge in [0.15, 0.2) is 0 Å². The van der Waals surface area contributed by atoms with Gasteiger partial charge in [-0.15, -0.1) is 0 Å². The third-order valence-electron chi connectivity index (χ3n) is 4.32. The second kappa shape index (κ2) is 7.94. The number of piperazine rings is 1. The molecule has 7 nitrogen and oxygen atoms in total. The zero-order chi connectivity index (χ0) is 17.6. The molecule has 0 radical (unpaired) electrons. The number of carbonyl (C=O) groups is 1. The third kappa shape index (κ3) is 4.24. The molecule has 1 aliphatic heterocycles.